The second-order valence-corrected chi connectivity index (χ2v) is 7.84. The summed E-state index contributed by atoms with van der Waals surface area (Å²) in [6.45, 7) is 0. The molecule has 0 saturated heterocycles. The number of fused-ring (bicyclic) bond motifs is 2. The summed E-state index contributed by atoms with van der Waals surface area (Å²) in [6, 6.07) is 19.8. The number of aliphatic hydroxyl groups excluding tert-OH is 1. The van der Waals surface area contributed by atoms with Crippen LogP contribution in [0.2, 0.25) is 5.02 Å². The van der Waals surface area contributed by atoms with Crippen LogP contribution in [0.25, 0.3) is 33.2 Å². The molecule has 4 aromatic carbocycles. The third-order valence-electron chi connectivity index (χ3n) is 5.57. The molecule has 5 rings (SSSR count). The first-order valence-electron chi connectivity index (χ1n) is 9.79. The molecule has 4 aromatic rings. The minimum atomic E-state index is -0.531. The van der Waals surface area contributed by atoms with E-state index in [1.165, 1.54) is 18.2 Å². The van der Waals surface area contributed by atoms with Gasteiger partial charge in [0.15, 0.2) is 6.29 Å². The maximum absolute atomic E-state index is 13.7. The van der Waals surface area contributed by atoms with E-state index in [2.05, 4.69) is 5.32 Å². The van der Waals surface area contributed by atoms with Gasteiger partial charge in [0.2, 0.25) is 0 Å². The Morgan fingerprint density at radius 1 is 0.938 bits per heavy atom. The summed E-state index contributed by atoms with van der Waals surface area (Å²) < 4.78 is 13.7. The number of anilines is 1. The van der Waals surface area contributed by atoms with Crippen LogP contribution in [0.1, 0.15) is 21.5 Å². The summed E-state index contributed by atoms with van der Waals surface area (Å²) in [5.74, 6) is -1.40. The zero-order valence-corrected chi connectivity index (χ0v) is 17.3. The van der Waals surface area contributed by atoms with Crippen LogP contribution < -0.4 is 5.32 Å². The van der Waals surface area contributed by atoms with Crippen molar-refractivity contribution in [2.75, 3.05) is 5.32 Å². The first-order chi connectivity index (χ1) is 15.5. The van der Waals surface area contributed by atoms with Gasteiger partial charge >= 0.3 is 0 Å². The SMILES string of the molecule is O=Cc1c(-c2cc3c(cc2Cl)NC(=O)C3=C(O)c2cccc(F)c2)ccc2ccccc12. The minimum absolute atomic E-state index is 0.0111. The molecule has 1 aliphatic rings. The molecule has 0 saturated carbocycles. The number of aliphatic hydroxyl groups is 1. The number of nitrogens with one attached hydrogen (secondary N) is 1. The fourth-order valence-electron chi connectivity index (χ4n) is 4.07. The molecule has 6 heteroatoms. The first-order valence-corrected chi connectivity index (χ1v) is 10.2. The van der Waals surface area contributed by atoms with E-state index in [9.17, 15) is 19.1 Å². The Morgan fingerprint density at radius 2 is 1.75 bits per heavy atom. The molecule has 0 aromatic heterocycles. The zero-order chi connectivity index (χ0) is 22.4. The summed E-state index contributed by atoms with van der Waals surface area (Å²) in [6.07, 6.45) is 0.783. The fraction of sp³-hybridized carbons (Fsp3) is 0. The Hall–Kier alpha value is -3.96. The smallest absolute Gasteiger partial charge is 0.260 e. The van der Waals surface area contributed by atoms with Gasteiger partial charge in [-0.15, -0.1) is 0 Å². The van der Waals surface area contributed by atoms with Crippen LogP contribution >= 0.6 is 11.6 Å². The van der Waals surface area contributed by atoms with Crippen molar-refractivity contribution in [3.8, 4) is 11.1 Å². The van der Waals surface area contributed by atoms with Crippen LogP contribution in [0.3, 0.4) is 0 Å². The highest BCUT2D eigenvalue weighted by molar-refractivity contribution is 6.39. The van der Waals surface area contributed by atoms with E-state index in [1.807, 2.05) is 30.3 Å². The molecular weight excluding hydrogens is 429 g/mol. The second kappa shape index (κ2) is 7.62. The number of hydrogen-bond donors (Lipinski definition) is 2. The van der Waals surface area contributed by atoms with Crippen LogP contribution in [-0.4, -0.2) is 17.3 Å². The Kier molecular flexibility index (Phi) is 4.76. The van der Waals surface area contributed by atoms with Gasteiger partial charge in [-0.1, -0.05) is 60.1 Å². The molecule has 156 valence electrons. The highest BCUT2D eigenvalue weighted by atomic mass is 35.5. The molecule has 0 atom stereocenters. The van der Waals surface area contributed by atoms with Crippen molar-refractivity contribution in [2.45, 2.75) is 0 Å². The van der Waals surface area contributed by atoms with Crippen LogP contribution in [0.15, 0.2) is 72.8 Å². The largest absolute Gasteiger partial charge is 0.506 e. The summed E-state index contributed by atoms with van der Waals surface area (Å²) in [5.41, 5.74) is 2.66. The molecule has 4 nitrogen and oxygen atoms in total. The van der Waals surface area contributed by atoms with Gasteiger partial charge < -0.3 is 10.4 Å². The Bertz CT molecular complexity index is 1480. The van der Waals surface area contributed by atoms with Crippen LogP contribution in [-0.2, 0) is 4.79 Å². The van der Waals surface area contributed by atoms with Gasteiger partial charge in [-0.3, -0.25) is 9.59 Å². The second-order valence-electron chi connectivity index (χ2n) is 7.43. The summed E-state index contributed by atoms with van der Waals surface area (Å²) in [5, 5.41) is 15.5. The van der Waals surface area contributed by atoms with Gasteiger partial charge in [0.05, 0.1) is 16.3 Å². The highest BCUT2D eigenvalue weighted by Gasteiger charge is 2.30. The van der Waals surface area contributed by atoms with Gasteiger partial charge in [0.1, 0.15) is 11.6 Å². The van der Waals surface area contributed by atoms with Crippen molar-refractivity contribution in [1.29, 1.82) is 0 Å². The Balaban J connectivity index is 1.75. The highest BCUT2D eigenvalue weighted by Crippen LogP contribution is 2.43. The molecule has 1 aliphatic heterocycles. The number of halogens is 2. The molecule has 32 heavy (non-hydrogen) atoms. The van der Waals surface area contributed by atoms with E-state index in [0.717, 1.165) is 23.1 Å². The number of carbonyl (C=O) groups excluding carboxylic acids is 2. The Morgan fingerprint density at radius 3 is 2.53 bits per heavy atom. The van der Waals surface area contributed by atoms with E-state index < -0.39 is 11.7 Å². The lowest BCUT2D eigenvalue weighted by molar-refractivity contribution is -0.110. The quantitative estimate of drug-likeness (QED) is 0.216. The maximum atomic E-state index is 13.7. The third kappa shape index (κ3) is 3.15. The average Bonchev–Trinajstić information content (AvgIpc) is 3.11. The van der Waals surface area contributed by atoms with Crippen molar-refractivity contribution < 1.29 is 19.1 Å². The molecule has 1 heterocycles. The predicted octanol–water partition coefficient (Wildman–Crippen LogP) is 6.49. The molecule has 0 radical (unpaired) electrons. The van der Waals surface area contributed by atoms with E-state index in [4.69, 9.17) is 11.6 Å². The predicted molar refractivity (Wildman–Crippen MR) is 124 cm³/mol. The molecule has 0 bridgehead atoms. The van der Waals surface area contributed by atoms with E-state index >= 15 is 0 Å². The van der Waals surface area contributed by atoms with Crippen LogP contribution in [0.5, 0.6) is 0 Å². The fourth-order valence-corrected chi connectivity index (χ4v) is 4.34. The zero-order valence-electron chi connectivity index (χ0n) is 16.5. The lowest BCUT2D eigenvalue weighted by Crippen LogP contribution is -2.05. The van der Waals surface area contributed by atoms with Crippen molar-refractivity contribution in [3.63, 3.8) is 0 Å². The summed E-state index contributed by atoms with van der Waals surface area (Å²) >= 11 is 6.54. The lowest BCUT2D eigenvalue weighted by atomic mass is 9.92. The van der Waals surface area contributed by atoms with Gasteiger partial charge in [-0.25, -0.2) is 4.39 Å². The maximum Gasteiger partial charge on any atom is 0.260 e. The van der Waals surface area contributed by atoms with Crippen molar-refractivity contribution >= 4 is 51.6 Å². The molecule has 1 amide bonds. The number of benzene rings is 4. The number of rotatable bonds is 3. The molecule has 0 fully saturated rings. The normalized spacial score (nSPS) is 14.2. The molecule has 0 spiro atoms. The van der Waals surface area contributed by atoms with Crippen molar-refractivity contribution in [3.05, 3.63) is 100 Å². The molecule has 0 aliphatic carbocycles. The minimum Gasteiger partial charge on any atom is -0.506 e. The van der Waals surface area contributed by atoms with Crippen LogP contribution in [0, 0.1) is 5.82 Å². The van der Waals surface area contributed by atoms with E-state index in [-0.39, 0.29) is 16.9 Å². The first kappa shape index (κ1) is 20.0. The van der Waals surface area contributed by atoms with Crippen LogP contribution in [0.4, 0.5) is 10.1 Å². The number of hydrogen-bond acceptors (Lipinski definition) is 3. The standard InChI is InChI=1S/C26H15ClFNO3/c27-22-12-23-20(24(26(32)29-23)25(31)15-5-3-6-16(28)10-15)11-19(22)18-9-8-14-4-1-2-7-17(14)21(18)13-30/h1-13,31H,(H,29,32). The number of aldehydes is 1. The molecule has 0 unspecified atom stereocenters. The van der Waals surface area contributed by atoms with Gasteiger partial charge in [-0.05, 0) is 40.6 Å². The topological polar surface area (TPSA) is 66.4 Å². The number of carbonyl (C=O) groups is 2. The summed E-state index contributed by atoms with van der Waals surface area (Å²) in [7, 11) is 0. The lowest BCUT2D eigenvalue weighted by Gasteiger charge is -2.13. The monoisotopic (exact) mass is 443 g/mol. The molecule has 2 N–H and O–H groups in total. The van der Waals surface area contributed by atoms with Crippen molar-refractivity contribution in [1.82, 2.24) is 0 Å². The average molecular weight is 444 g/mol. The third-order valence-corrected chi connectivity index (χ3v) is 5.88. The summed E-state index contributed by atoms with van der Waals surface area (Å²) in [4.78, 5) is 24.7. The molecular formula is C26H15ClFNO3. The number of amides is 1. The van der Waals surface area contributed by atoms with Crippen molar-refractivity contribution in [2.24, 2.45) is 0 Å². The Labute approximate surface area is 187 Å². The van der Waals surface area contributed by atoms with E-state index in [1.54, 1.807) is 18.2 Å². The van der Waals surface area contributed by atoms with Gasteiger partial charge in [0.25, 0.3) is 5.91 Å². The van der Waals surface area contributed by atoms with Gasteiger partial charge in [0, 0.05) is 22.3 Å². The van der Waals surface area contributed by atoms with Gasteiger partial charge in [-0.2, -0.15) is 0 Å². The van der Waals surface area contributed by atoms with E-state index in [0.29, 0.717) is 33.0 Å².